The van der Waals surface area contributed by atoms with Gasteiger partial charge in [-0.25, -0.2) is 9.59 Å². The molecule has 154 valence electrons. The van der Waals surface area contributed by atoms with E-state index in [1.807, 2.05) is 0 Å². The van der Waals surface area contributed by atoms with Gasteiger partial charge in [0.15, 0.2) is 0 Å². The zero-order valence-electron chi connectivity index (χ0n) is 15.5. The molecular weight excluding hydrogens is 433 g/mol. The van der Waals surface area contributed by atoms with Gasteiger partial charge in [0.1, 0.15) is 12.1 Å². The van der Waals surface area contributed by atoms with Crippen LogP contribution in [0.1, 0.15) is 12.5 Å². The van der Waals surface area contributed by atoms with Crippen molar-refractivity contribution in [1.29, 1.82) is 0 Å². The van der Waals surface area contributed by atoms with E-state index in [1.165, 1.54) is 13.0 Å². The highest BCUT2D eigenvalue weighted by molar-refractivity contribution is 6.35. The summed E-state index contributed by atoms with van der Waals surface area (Å²) in [6, 6.07) is 8.65. The monoisotopic (exact) mass is 447 g/mol. The number of rotatable bonds is 4. The van der Waals surface area contributed by atoms with Crippen molar-refractivity contribution in [2.24, 2.45) is 0 Å². The lowest BCUT2D eigenvalue weighted by Gasteiger charge is -2.23. The Morgan fingerprint density at radius 3 is 2.53 bits per heavy atom. The minimum atomic E-state index is -1.43. The second-order valence-electron chi connectivity index (χ2n) is 6.96. The van der Waals surface area contributed by atoms with Crippen LogP contribution in [0.5, 0.6) is 0 Å². The molecule has 1 fully saturated rings. The molecule has 11 heteroatoms. The van der Waals surface area contributed by atoms with Crippen molar-refractivity contribution in [1.82, 2.24) is 20.2 Å². The second-order valence-corrected chi connectivity index (χ2v) is 7.80. The lowest BCUT2D eigenvalue weighted by molar-refractivity contribution is -0.133. The summed E-state index contributed by atoms with van der Waals surface area (Å²) in [4.78, 5) is 55.2. The fourth-order valence-corrected chi connectivity index (χ4v) is 3.97. The highest BCUT2D eigenvalue weighted by Crippen LogP contribution is 2.34. The van der Waals surface area contributed by atoms with Crippen LogP contribution < -0.4 is 16.3 Å². The van der Waals surface area contributed by atoms with Gasteiger partial charge in [-0.15, -0.1) is 0 Å². The summed E-state index contributed by atoms with van der Waals surface area (Å²) in [6.45, 7) is 1.02. The summed E-state index contributed by atoms with van der Waals surface area (Å²) < 4.78 is 0. The molecule has 2 aromatic carbocycles. The predicted octanol–water partition coefficient (Wildman–Crippen LogP) is 2.57. The Bertz CT molecular complexity index is 1270. The summed E-state index contributed by atoms with van der Waals surface area (Å²) in [5, 5.41) is 5.80. The molecule has 1 aromatic heterocycles. The summed E-state index contributed by atoms with van der Waals surface area (Å²) in [5.74, 6) is -1.19. The molecular formula is C19H15Cl2N5O4. The first-order valence-corrected chi connectivity index (χ1v) is 9.54. The molecule has 0 bridgehead atoms. The molecule has 1 aliphatic heterocycles. The van der Waals surface area contributed by atoms with Crippen molar-refractivity contribution >= 4 is 57.8 Å². The SMILES string of the molecule is C[C@]1(c2ccc(Cl)cc2Cl)NC(=O)N(CC(=O)Nc2ccc3[nH]c(=O)[nH]c3c2)C1=O. The zero-order chi connectivity index (χ0) is 21.6. The summed E-state index contributed by atoms with van der Waals surface area (Å²) in [5.41, 5.74) is 0.0751. The van der Waals surface area contributed by atoms with E-state index < -0.39 is 29.9 Å². The van der Waals surface area contributed by atoms with Crippen molar-refractivity contribution < 1.29 is 14.4 Å². The van der Waals surface area contributed by atoms with E-state index >= 15 is 0 Å². The maximum atomic E-state index is 13.0. The number of benzene rings is 2. The van der Waals surface area contributed by atoms with Gasteiger partial charge in [0, 0.05) is 21.3 Å². The van der Waals surface area contributed by atoms with Crippen LogP contribution in [0.15, 0.2) is 41.2 Å². The van der Waals surface area contributed by atoms with Crippen LogP contribution in [-0.2, 0) is 15.1 Å². The Labute approximate surface area is 179 Å². The minimum absolute atomic E-state index is 0.221. The molecule has 1 atom stereocenters. The number of nitrogens with zero attached hydrogens (tertiary/aromatic N) is 1. The molecule has 30 heavy (non-hydrogen) atoms. The molecule has 4 N–H and O–H groups in total. The Kier molecular flexibility index (Phi) is 4.79. The lowest BCUT2D eigenvalue weighted by Crippen LogP contribution is -2.42. The minimum Gasteiger partial charge on any atom is -0.324 e. The number of H-pyrrole nitrogens is 2. The van der Waals surface area contributed by atoms with Gasteiger partial charge < -0.3 is 20.6 Å². The maximum absolute atomic E-state index is 13.0. The fraction of sp³-hybridized carbons (Fsp3) is 0.158. The molecule has 9 nitrogen and oxygen atoms in total. The molecule has 0 aliphatic carbocycles. The number of anilines is 1. The molecule has 0 unspecified atom stereocenters. The van der Waals surface area contributed by atoms with Gasteiger partial charge >= 0.3 is 11.7 Å². The van der Waals surface area contributed by atoms with Crippen molar-refractivity contribution in [3.63, 3.8) is 0 Å². The van der Waals surface area contributed by atoms with Crippen LogP contribution in [0, 0.1) is 0 Å². The van der Waals surface area contributed by atoms with Crippen molar-refractivity contribution in [3.05, 3.63) is 62.5 Å². The smallest absolute Gasteiger partial charge is 0.324 e. The number of aromatic amines is 2. The number of imide groups is 1. The molecule has 4 amide bonds. The number of carbonyl (C=O) groups is 3. The molecule has 1 saturated heterocycles. The third-order valence-electron chi connectivity index (χ3n) is 4.85. The number of urea groups is 1. The first-order chi connectivity index (χ1) is 14.2. The van der Waals surface area contributed by atoms with Gasteiger partial charge in [0.25, 0.3) is 5.91 Å². The average molecular weight is 448 g/mol. The summed E-state index contributed by atoms with van der Waals surface area (Å²) in [7, 11) is 0. The normalized spacial score (nSPS) is 18.7. The Hall–Kier alpha value is -3.30. The Balaban J connectivity index is 1.52. The largest absolute Gasteiger partial charge is 0.325 e. The van der Waals surface area contributed by atoms with E-state index in [9.17, 15) is 19.2 Å². The number of amides is 4. The number of carbonyl (C=O) groups excluding carboxylic acids is 3. The topological polar surface area (TPSA) is 127 Å². The van der Waals surface area contributed by atoms with E-state index in [1.54, 1.807) is 30.3 Å². The van der Waals surface area contributed by atoms with Gasteiger partial charge in [-0.1, -0.05) is 29.3 Å². The van der Waals surface area contributed by atoms with Crippen molar-refractivity contribution in [2.45, 2.75) is 12.5 Å². The van der Waals surface area contributed by atoms with Gasteiger partial charge in [-0.05, 0) is 37.3 Å². The standard InChI is InChI=1S/C19H15Cl2N5O4/c1-19(11-4-2-9(20)6-12(11)21)16(28)26(18(30)25-19)8-15(27)22-10-3-5-13-14(7-10)24-17(29)23-13/h2-7H,8H2,1H3,(H,22,27)(H,25,30)(H2,23,24,29)/t19-/m1/s1. The van der Waals surface area contributed by atoms with E-state index in [-0.39, 0.29) is 10.7 Å². The third kappa shape index (κ3) is 3.42. The number of hydrogen-bond acceptors (Lipinski definition) is 4. The number of halogens is 2. The first kappa shape index (κ1) is 20.0. The third-order valence-corrected chi connectivity index (χ3v) is 5.39. The van der Waals surface area contributed by atoms with Crippen LogP contribution in [0.4, 0.5) is 10.5 Å². The van der Waals surface area contributed by atoms with Crippen molar-refractivity contribution in [3.8, 4) is 0 Å². The summed E-state index contributed by atoms with van der Waals surface area (Å²) in [6.07, 6.45) is 0. The first-order valence-electron chi connectivity index (χ1n) is 8.79. The second kappa shape index (κ2) is 7.19. The molecule has 1 aliphatic rings. The van der Waals surface area contributed by atoms with Crippen LogP contribution in [0.2, 0.25) is 10.0 Å². The molecule has 4 rings (SSSR count). The number of nitrogens with one attached hydrogen (secondary N) is 4. The van der Waals surface area contributed by atoms with Crippen LogP contribution >= 0.6 is 23.2 Å². The van der Waals surface area contributed by atoms with E-state index in [0.29, 0.717) is 27.3 Å². The average Bonchev–Trinajstić information content (AvgIpc) is 3.13. The van der Waals surface area contributed by atoms with Gasteiger partial charge in [0.2, 0.25) is 5.91 Å². The van der Waals surface area contributed by atoms with E-state index in [2.05, 4.69) is 20.6 Å². The number of aromatic nitrogens is 2. The lowest BCUT2D eigenvalue weighted by atomic mass is 9.92. The Morgan fingerprint density at radius 2 is 1.80 bits per heavy atom. The number of fused-ring (bicyclic) bond motifs is 1. The number of imidazole rings is 1. The van der Waals surface area contributed by atoms with Crippen LogP contribution in [0.25, 0.3) is 11.0 Å². The van der Waals surface area contributed by atoms with Crippen molar-refractivity contribution in [2.75, 3.05) is 11.9 Å². The summed E-state index contributed by atoms with van der Waals surface area (Å²) >= 11 is 12.1. The maximum Gasteiger partial charge on any atom is 0.325 e. The predicted molar refractivity (Wildman–Crippen MR) is 112 cm³/mol. The van der Waals surface area contributed by atoms with E-state index in [0.717, 1.165) is 4.90 Å². The molecule has 0 radical (unpaired) electrons. The quantitative estimate of drug-likeness (QED) is 0.458. The van der Waals surface area contributed by atoms with Gasteiger partial charge in [-0.3, -0.25) is 14.5 Å². The Morgan fingerprint density at radius 1 is 1.07 bits per heavy atom. The molecule has 0 spiro atoms. The molecule has 3 aromatic rings. The van der Waals surface area contributed by atoms with Gasteiger partial charge in [0.05, 0.1) is 11.0 Å². The zero-order valence-corrected chi connectivity index (χ0v) is 17.0. The van der Waals surface area contributed by atoms with Gasteiger partial charge in [-0.2, -0.15) is 0 Å². The highest BCUT2D eigenvalue weighted by Gasteiger charge is 2.50. The fourth-order valence-electron chi connectivity index (χ4n) is 3.37. The molecule has 2 heterocycles. The van der Waals surface area contributed by atoms with Crippen LogP contribution in [0.3, 0.4) is 0 Å². The highest BCUT2D eigenvalue weighted by atomic mass is 35.5. The number of hydrogen-bond donors (Lipinski definition) is 4. The molecule has 0 saturated carbocycles. The van der Waals surface area contributed by atoms with E-state index in [4.69, 9.17) is 23.2 Å². The van der Waals surface area contributed by atoms with Crippen LogP contribution in [-0.4, -0.2) is 39.3 Å².